The van der Waals surface area contributed by atoms with Gasteiger partial charge in [0, 0.05) is 11.6 Å². The van der Waals surface area contributed by atoms with Crippen molar-refractivity contribution in [1.82, 2.24) is 0 Å². The molecule has 0 bridgehead atoms. The Morgan fingerprint density at radius 1 is 1.23 bits per heavy atom. The van der Waals surface area contributed by atoms with Gasteiger partial charge in [0.05, 0.1) is 24.4 Å². The fraction of sp³-hybridized carbons (Fsp3) is 0.481. The largest absolute Gasteiger partial charge is 0.497 e. The highest BCUT2D eigenvalue weighted by Crippen LogP contribution is 2.55. The molecule has 162 valence electrons. The van der Waals surface area contributed by atoms with Gasteiger partial charge in [-0.25, -0.2) is 0 Å². The molecule has 0 saturated heterocycles. The molecule has 0 heterocycles. The Hall–Kier alpha value is -2.80. The van der Waals surface area contributed by atoms with E-state index in [1.54, 1.807) is 12.7 Å². The van der Waals surface area contributed by atoms with E-state index in [4.69, 9.17) is 10.00 Å². The summed E-state index contributed by atoms with van der Waals surface area (Å²) >= 11 is 0. The molecule has 0 radical (unpaired) electrons. The number of methoxy groups -OCH3 is 1. The van der Waals surface area contributed by atoms with Crippen LogP contribution in [-0.2, 0) is 6.42 Å². The molecule has 0 aliphatic heterocycles. The minimum atomic E-state index is 0.0980. The number of hydrazone groups is 1. The predicted molar refractivity (Wildman–Crippen MR) is 127 cm³/mol. The van der Waals surface area contributed by atoms with E-state index in [0.29, 0.717) is 23.3 Å². The van der Waals surface area contributed by atoms with Crippen LogP contribution in [-0.4, -0.2) is 13.3 Å². The number of hydrogen-bond donors (Lipinski definition) is 1. The summed E-state index contributed by atoms with van der Waals surface area (Å²) in [6.07, 6.45) is 9.38. The maximum atomic E-state index is 8.96. The zero-order chi connectivity index (χ0) is 21.8. The van der Waals surface area contributed by atoms with Crippen molar-refractivity contribution in [2.45, 2.75) is 58.3 Å². The number of aryl methyl sites for hydroxylation is 1. The molecule has 1 fully saturated rings. The van der Waals surface area contributed by atoms with Gasteiger partial charge in [0.25, 0.3) is 0 Å². The lowest BCUT2D eigenvalue weighted by Crippen LogP contribution is -2.43. The molecular weight excluding hydrogens is 382 g/mol. The number of fused-ring (bicyclic) bond motifs is 3. The lowest BCUT2D eigenvalue weighted by Gasteiger charge is -2.50. The van der Waals surface area contributed by atoms with Crippen molar-refractivity contribution >= 4 is 11.9 Å². The molecule has 0 amide bonds. The number of ether oxygens (including phenoxy) is 1. The molecule has 4 atom stereocenters. The first-order chi connectivity index (χ1) is 15.1. The summed E-state index contributed by atoms with van der Waals surface area (Å²) in [5, 5.41) is 13.6. The van der Waals surface area contributed by atoms with Crippen LogP contribution in [0.1, 0.15) is 68.6 Å². The summed E-state index contributed by atoms with van der Waals surface area (Å²) in [4.78, 5) is 0. The molecule has 2 aliphatic carbocycles. The Morgan fingerprint density at radius 2 is 2.03 bits per heavy atom. The first-order valence-electron chi connectivity index (χ1n) is 11.5. The Morgan fingerprint density at radius 3 is 2.74 bits per heavy atom. The normalized spacial score (nSPS) is 27.2. The number of hydrogen-bond acceptors (Lipinski definition) is 4. The molecule has 31 heavy (non-hydrogen) atoms. The van der Waals surface area contributed by atoms with E-state index >= 15 is 0 Å². The van der Waals surface area contributed by atoms with Crippen LogP contribution in [0.2, 0.25) is 0 Å². The number of benzene rings is 2. The van der Waals surface area contributed by atoms with E-state index < -0.39 is 0 Å². The number of rotatable bonds is 6. The van der Waals surface area contributed by atoms with Crippen molar-refractivity contribution in [1.29, 1.82) is 5.26 Å². The number of nitrogens with one attached hydrogen (secondary N) is 1. The third-order valence-corrected chi connectivity index (χ3v) is 7.54. The van der Waals surface area contributed by atoms with Gasteiger partial charge < -0.3 is 4.74 Å². The second-order valence-corrected chi connectivity index (χ2v) is 9.37. The molecule has 4 rings (SSSR count). The van der Waals surface area contributed by atoms with Crippen LogP contribution in [0.15, 0.2) is 47.6 Å². The SMILES string of the molecule is CCC[C@H]1[C@@H]2CCc3cc(OC)ccc3[C@H]2CC[C@]1(C)/C=N/Nc1ccc(C#N)cc1. The van der Waals surface area contributed by atoms with Crippen molar-refractivity contribution in [2.24, 2.45) is 22.4 Å². The highest BCUT2D eigenvalue weighted by molar-refractivity contribution is 5.68. The highest BCUT2D eigenvalue weighted by Gasteiger charge is 2.47. The van der Waals surface area contributed by atoms with E-state index in [-0.39, 0.29) is 5.41 Å². The van der Waals surface area contributed by atoms with Crippen LogP contribution >= 0.6 is 0 Å². The zero-order valence-corrected chi connectivity index (χ0v) is 18.9. The van der Waals surface area contributed by atoms with E-state index in [1.807, 2.05) is 24.3 Å². The van der Waals surface area contributed by atoms with Gasteiger partial charge in [-0.15, -0.1) is 0 Å². The monoisotopic (exact) mass is 415 g/mol. The lowest BCUT2D eigenvalue weighted by atomic mass is 9.54. The average molecular weight is 416 g/mol. The average Bonchev–Trinajstić information content (AvgIpc) is 2.80. The zero-order valence-electron chi connectivity index (χ0n) is 18.9. The molecule has 2 aromatic carbocycles. The summed E-state index contributed by atoms with van der Waals surface area (Å²) in [5.74, 6) is 2.97. The molecule has 4 nitrogen and oxygen atoms in total. The maximum Gasteiger partial charge on any atom is 0.119 e. The van der Waals surface area contributed by atoms with Gasteiger partial charge in [0.2, 0.25) is 0 Å². The predicted octanol–water partition coefficient (Wildman–Crippen LogP) is 6.53. The quantitative estimate of drug-likeness (QED) is 0.431. The number of nitrogens with zero attached hydrogens (tertiary/aromatic N) is 2. The topological polar surface area (TPSA) is 57.4 Å². The highest BCUT2D eigenvalue weighted by atomic mass is 16.5. The van der Waals surface area contributed by atoms with Gasteiger partial charge in [0.1, 0.15) is 5.75 Å². The van der Waals surface area contributed by atoms with Gasteiger partial charge in [-0.2, -0.15) is 10.4 Å². The Balaban J connectivity index is 1.53. The fourth-order valence-corrected chi connectivity index (χ4v) is 5.92. The third-order valence-electron chi connectivity index (χ3n) is 7.54. The summed E-state index contributed by atoms with van der Waals surface area (Å²) in [6.45, 7) is 4.70. The standard InChI is InChI=1S/C27H33N3O/c1-4-5-26-25-12-8-20-16-22(31-3)11-13-23(20)24(25)14-15-27(26,2)18-29-30-21-9-6-19(17-28)7-10-21/h6-7,9-11,13,16,18,24-26,30H,4-5,8,12,14-15H2,1-3H3/b29-18+/t24-,25-,26+,27-/m1/s1. The van der Waals surface area contributed by atoms with Crippen LogP contribution in [0.5, 0.6) is 5.75 Å². The molecule has 0 spiro atoms. The van der Waals surface area contributed by atoms with Crippen LogP contribution in [0.25, 0.3) is 0 Å². The van der Waals surface area contributed by atoms with Gasteiger partial charge in [-0.3, -0.25) is 5.43 Å². The summed E-state index contributed by atoms with van der Waals surface area (Å²) < 4.78 is 5.46. The van der Waals surface area contributed by atoms with Crippen molar-refractivity contribution in [3.8, 4) is 11.8 Å². The molecule has 1 N–H and O–H groups in total. The van der Waals surface area contributed by atoms with E-state index in [9.17, 15) is 0 Å². The first kappa shape index (κ1) is 21.4. The van der Waals surface area contributed by atoms with Gasteiger partial charge >= 0.3 is 0 Å². The second-order valence-electron chi connectivity index (χ2n) is 9.37. The molecule has 1 saturated carbocycles. The van der Waals surface area contributed by atoms with Gasteiger partial charge in [-0.05, 0) is 97.4 Å². The minimum Gasteiger partial charge on any atom is -0.497 e. The Bertz CT molecular complexity index is 975. The van der Waals surface area contributed by atoms with Gasteiger partial charge in [-0.1, -0.05) is 26.3 Å². The smallest absolute Gasteiger partial charge is 0.119 e. The van der Waals surface area contributed by atoms with Crippen LogP contribution in [0, 0.1) is 28.6 Å². The van der Waals surface area contributed by atoms with E-state index in [2.05, 4.69) is 54.9 Å². The number of nitriles is 1. The molecule has 0 unspecified atom stereocenters. The van der Waals surface area contributed by atoms with Gasteiger partial charge in [0.15, 0.2) is 0 Å². The van der Waals surface area contributed by atoms with Crippen LogP contribution < -0.4 is 10.2 Å². The minimum absolute atomic E-state index is 0.0980. The summed E-state index contributed by atoms with van der Waals surface area (Å²) in [5.41, 5.74) is 7.89. The molecule has 4 heteroatoms. The van der Waals surface area contributed by atoms with Crippen molar-refractivity contribution in [3.63, 3.8) is 0 Å². The van der Waals surface area contributed by atoms with Crippen LogP contribution in [0.3, 0.4) is 0 Å². The fourth-order valence-electron chi connectivity index (χ4n) is 5.92. The lowest BCUT2D eigenvalue weighted by molar-refractivity contribution is 0.0783. The second kappa shape index (κ2) is 9.14. The van der Waals surface area contributed by atoms with E-state index in [1.165, 1.54) is 31.2 Å². The van der Waals surface area contributed by atoms with E-state index in [0.717, 1.165) is 24.3 Å². The summed E-state index contributed by atoms with van der Waals surface area (Å²) in [6, 6.07) is 16.3. The van der Waals surface area contributed by atoms with Crippen LogP contribution in [0.4, 0.5) is 5.69 Å². The number of anilines is 1. The molecule has 0 aromatic heterocycles. The first-order valence-corrected chi connectivity index (χ1v) is 11.5. The third kappa shape index (κ3) is 4.32. The maximum absolute atomic E-state index is 8.96. The Labute approximate surface area is 186 Å². The molecule has 2 aromatic rings. The molecule has 2 aliphatic rings. The summed E-state index contributed by atoms with van der Waals surface area (Å²) in [7, 11) is 1.75. The molecular formula is C27H33N3O. The Kier molecular flexibility index (Phi) is 6.32. The van der Waals surface area contributed by atoms with Crippen molar-refractivity contribution in [2.75, 3.05) is 12.5 Å². The van der Waals surface area contributed by atoms with Crippen molar-refractivity contribution < 1.29 is 4.74 Å². The van der Waals surface area contributed by atoms with Crippen molar-refractivity contribution in [3.05, 3.63) is 59.2 Å².